The van der Waals surface area contributed by atoms with E-state index in [9.17, 15) is 0 Å². The molecule has 1 aliphatic heterocycles. The summed E-state index contributed by atoms with van der Waals surface area (Å²) < 4.78 is 11.2. The molecule has 0 bridgehead atoms. The normalized spacial score (nSPS) is 18.8. The molecular weight excluding hydrogens is 226 g/mol. The fourth-order valence-corrected chi connectivity index (χ4v) is 2.41. The zero-order chi connectivity index (χ0) is 13.0. The second-order valence-corrected chi connectivity index (χ2v) is 5.11. The molecule has 100 valence electrons. The molecule has 18 heavy (non-hydrogen) atoms. The van der Waals surface area contributed by atoms with Crippen molar-refractivity contribution < 1.29 is 9.47 Å². The molecule has 0 saturated carbocycles. The van der Waals surface area contributed by atoms with Gasteiger partial charge in [0.2, 0.25) is 0 Å². The van der Waals surface area contributed by atoms with Crippen molar-refractivity contribution in [3.8, 4) is 0 Å². The van der Waals surface area contributed by atoms with E-state index in [0.717, 1.165) is 26.1 Å². The second kappa shape index (κ2) is 6.32. The Hall–Kier alpha value is -0.900. The van der Waals surface area contributed by atoms with Crippen molar-refractivity contribution in [3.05, 3.63) is 34.9 Å². The lowest BCUT2D eigenvalue weighted by Crippen LogP contribution is -2.27. The highest BCUT2D eigenvalue weighted by Gasteiger charge is 2.16. The number of aryl methyl sites for hydroxylation is 2. The molecule has 1 saturated heterocycles. The molecule has 0 spiro atoms. The Balaban J connectivity index is 1.88. The van der Waals surface area contributed by atoms with Crippen LogP contribution in [0.15, 0.2) is 18.2 Å². The first-order valence-corrected chi connectivity index (χ1v) is 6.69. The largest absolute Gasteiger partial charge is 0.381 e. The maximum Gasteiger partial charge on any atom is 0.0663 e. The third-order valence-corrected chi connectivity index (χ3v) is 3.50. The van der Waals surface area contributed by atoms with Crippen molar-refractivity contribution in [2.45, 2.75) is 38.8 Å². The molecular formula is C15H23NO2. The number of ether oxygens (including phenoxy) is 2. The Morgan fingerprint density at radius 3 is 2.72 bits per heavy atom. The Morgan fingerprint density at radius 2 is 2.06 bits per heavy atom. The molecule has 2 rings (SSSR count). The van der Waals surface area contributed by atoms with E-state index in [2.05, 4.69) is 32.0 Å². The summed E-state index contributed by atoms with van der Waals surface area (Å²) in [5.74, 6) is 0. The Bertz CT molecular complexity index is 386. The van der Waals surface area contributed by atoms with Crippen LogP contribution >= 0.6 is 0 Å². The molecule has 0 aliphatic carbocycles. The third kappa shape index (κ3) is 3.55. The van der Waals surface area contributed by atoms with Gasteiger partial charge >= 0.3 is 0 Å². The summed E-state index contributed by atoms with van der Waals surface area (Å²) in [6.45, 7) is 6.42. The van der Waals surface area contributed by atoms with Crippen molar-refractivity contribution in [2.24, 2.45) is 5.73 Å². The fourth-order valence-electron chi connectivity index (χ4n) is 2.41. The summed E-state index contributed by atoms with van der Waals surface area (Å²) in [6, 6.07) is 6.36. The fraction of sp³-hybridized carbons (Fsp3) is 0.600. The summed E-state index contributed by atoms with van der Waals surface area (Å²) in [5.41, 5.74) is 9.91. The SMILES string of the molecule is Cc1ccc(C(N)COC2CCOCC2)c(C)c1. The highest BCUT2D eigenvalue weighted by Crippen LogP contribution is 2.19. The van der Waals surface area contributed by atoms with Crippen molar-refractivity contribution in [2.75, 3.05) is 19.8 Å². The van der Waals surface area contributed by atoms with E-state index in [1.54, 1.807) is 0 Å². The lowest BCUT2D eigenvalue weighted by Gasteiger charge is -2.24. The van der Waals surface area contributed by atoms with Gasteiger partial charge in [0, 0.05) is 13.2 Å². The van der Waals surface area contributed by atoms with E-state index >= 15 is 0 Å². The van der Waals surface area contributed by atoms with Gasteiger partial charge in [0.05, 0.1) is 18.8 Å². The van der Waals surface area contributed by atoms with Gasteiger partial charge < -0.3 is 15.2 Å². The minimum Gasteiger partial charge on any atom is -0.381 e. The summed E-state index contributed by atoms with van der Waals surface area (Å²) in [7, 11) is 0. The van der Waals surface area contributed by atoms with Crippen molar-refractivity contribution >= 4 is 0 Å². The van der Waals surface area contributed by atoms with Crippen LogP contribution < -0.4 is 5.73 Å². The van der Waals surface area contributed by atoms with Crippen molar-refractivity contribution in [3.63, 3.8) is 0 Å². The van der Waals surface area contributed by atoms with Gasteiger partial charge in [-0.2, -0.15) is 0 Å². The Labute approximate surface area is 109 Å². The summed E-state index contributed by atoms with van der Waals surface area (Å²) in [5, 5.41) is 0. The summed E-state index contributed by atoms with van der Waals surface area (Å²) in [4.78, 5) is 0. The number of nitrogens with two attached hydrogens (primary N) is 1. The minimum atomic E-state index is -0.0338. The van der Waals surface area contributed by atoms with Crippen LogP contribution in [-0.4, -0.2) is 25.9 Å². The quantitative estimate of drug-likeness (QED) is 0.891. The zero-order valence-corrected chi connectivity index (χ0v) is 11.3. The van der Waals surface area contributed by atoms with Crippen LogP contribution in [0.2, 0.25) is 0 Å². The van der Waals surface area contributed by atoms with Gasteiger partial charge in [-0.3, -0.25) is 0 Å². The topological polar surface area (TPSA) is 44.5 Å². The van der Waals surface area contributed by atoms with Gasteiger partial charge in [0.25, 0.3) is 0 Å². The van der Waals surface area contributed by atoms with Crippen LogP contribution in [0.1, 0.15) is 35.6 Å². The molecule has 1 aromatic carbocycles. The van der Waals surface area contributed by atoms with Crippen LogP contribution in [0.25, 0.3) is 0 Å². The predicted octanol–water partition coefficient (Wildman–Crippen LogP) is 2.50. The predicted molar refractivity (Wildman–Crippen MR) is 72.6 cm³/mol. The highest BCUT2D eigenvalue weighted by molar-refractivity contribution is 5.32. The van der Waals surface area contributed by atoms with E-state index in [1.165, 1.54) is 16.7 Å². The maximum atomic E-state index is 6.21. The Kier molecular flexibility index (Phi) is 4.75. The molecule has 1 heterocycles. The van der Waals surface area contributed by atoms with Crippen LogP contribution in [-0.2, 0) is 9.47 Å². The van der Waals surface area contributed by atoms with E-state index < -0.39 is 0 Å². The number of benzene rings is 1. The minimum absolute atomic E-state index is 0.0338. The van der Waals surface area contributed by atoms with Crippen LogP contribution in [0.5, 0.6) is 0 Å². The van der Waals surface area contributed by atoms with Gasteiger partial charge in [-0.05, 0) is 37.8 Å². The van der Waals surface area contributed by atoms with E-state index in [4.69, 9.17) is 15.2 Å². The monoisotopic (exact) mass is 249 g/mol. The molecule has 3 nitrogen and oxygen atoms in total. The first kappa shape index (κ1) is 13.5. The average Bonchev–Trinajstić information content (AvgIpc) is 2.37. The summed E-state index contributed by atoms with van der Waals surface area (Å²) in [6.07, 6.45) is 2.29. The number of hydrogen-bond acceptors (Lipinski definition) is 3. The van der Waals surface area contributed by atoms with Crippen LogP contribution in [0.3, 0.4) is 0 Å². The maximum absolute atomic E-state index is 6.21. The highest BCUT2D eigenvalue weighted by atomic mass is 16.5. The van der Waals surface area contributed by atoms with Gasteiger partial charge in [-0.1, -0.05) is 23.8 Å². The molecule has 1 aliphatic rings. The van der Waals surface area contributed by atoms with Gasteiger partial charge in [0.15, 0.2) is 0 Å². The standard InChI is InChI=1S/C15H23NO2/c1-11-3-4-14(12(2)9-11)15(16)10-18-13-5-7-17-8-6-13/h3-4,9,13,15H,5-8,10,16H2,1-2H3. The van der Waals surface area contributed by atoms with Crippen LogP contribution in [0.4, 0.5) is 0 Å². The third-order valence-electron chi connectivity index (χ3n) is 3.50. The van der Waals surface area contributed by atoms with Gasteiger partial charge in [-0.15, -0.1) is 0 Å². The average molecular weight is 249 g/mol. The molecule has 1 fully saturated rings. The molecule has 0 radical (unpaired) electrons. The lowest BCUT2D eigenvalue weighted by molar-refractivity contribution is -0.0358. The number of hydrogen-bond donors (Lipinski definition) is 1. The van der Waals surface area contributed by atoms with Gasteiger partial charge in [-0.25, -0.2) is 0 Å². The molecule has 0 amide bonds. The molecule has 1 aromatic rings. The molecule has 2 N–H and O–H groups in total. The van der Waals surface area contributed by atoms with Crippen molar-refractivity contribution in [1.29, 1.82) is 0 Å². The van der Waals surface area contributed by atoms with Crippen molar-refractivity contribution in [1.82, 2.24) is 0 Å². The first-order chi connectivity index (χ1) is 8.66. The van der Waals surface area contributed by atoms with E-state index in [-0.39, 0.29) is 6.04 Å². The van der Waals surface area contributed by atoms with Gasteiger partial charge in [0.1, 0.15) is 0 Å². The second-order valence-electron chi connectivity index (χ2n) is 5.11. The molecule has 3 heteroatoms. The molecule has 0 aromatic heterocycles. The smallest absolute Gasteiger partial charge is 0.0663 e. The first-order valence-electron chi connectivity index (χ1n) is 6.69. The lowest BCUT2D eigenvalue weighted by atomic mass is 10.0. The zero-order valence-electron chi connectivity index (χ0n) is 11.3. The van der Waals surface area contributed by atoms with E-state index in [0.29, 0.717) is 12.7 Å². The van der Waals surface area contributed by atoms with Crippen LogP contribution in [0, 0.1) is 13.8 Å². The molecule has 1 atom stereocenters. The summed E-state index contributed by atoms with van der Waals surface area (Å²) >= 11 is 0. The molecule has 1 unspecified atom stereocenters. The Morgan fingerprint density at radius 1 is 1.33 bits per heavy atom. The number of rotatable bonds is 4. The van der Waals surface area contributed by atoms with E-state index in [1.807, 2.05) is 0 Å².